The van der Waals surface area contributed by atoms with Crippen molar-refractivity contribution >= 4 is 16.9 Å². The Hall–Kier alpha value is -3.00. The van der Waals surface area contributed by atoms with E-state index in [1.165, 1.54) is 34.4 Å². The highest BCUT2D eigenvalue weighted by Gasteiger charge is 2.26. The van der Waals surface area contributed by atoms with E-state index in [9.17, 15) is 14.7 Å². The summed E-state index contributed by atoms with van der Waals surface area (Å²) >= 11 is 0. The van der Waals surface area contributed by atoms with Gasteiger partial charge in [0.05, 0.1) is 11.6 Å². The van der Waals surface area contributed by atoms with Crippen molar-refractivity contribution in [2.75, 3.05) is 13.2 Å². The van der Waals surface area contributed by atoms with E-state index < -0.39 is 18.7 Å². The molecule has 2 aromatic carbocycles. The zero-order chi connectivity index (χ0) is 23.5. The van der Waals surface area contributed by atoms with Gasteiger partial charge in [-0.3, -0.25) is 4.79 Å². The Bertz CT molecular complexity index is 1200. The van der Waals surface area contributed by atoms with Gasteiger partial charge < -0.3 is 25.3 Å². The molecule has 1 atom stereocenters. The van der Waals surface area contributed by atoms with Crippen LogP contribution in [-0.2, 0) is 30.5 Å². The number of carbonyl (C=O) groups is 1. The van der Waals surface area contributed by atoms with Crippen LogP contribution in [0.15, 0.2) is 41.2 Å². The molecule has 1 heterocycles. The molecule has 0 saturated carbocycles. The van der Waals surface area contributed by atoms with E-state index in [1.54, 1.807) is 12.1 Å². The number of aromatic nitrogens is 1. The third-order valence-corrected chi connectivity index (χ3v) is 6.49. The first-order valence-electron chi connectivity index (χ1n) is 11.5. The van der Waals surface area contributed by atoms with Gasteiger partial charge in [-0.2, -0.15) is 0 Å². The SMILES string of the molecule is CCc1ccc(CC)c2c1CC(NC[C@@H](O)c1ccc(OC(=O)CO)c3[nH]c(=O)ccc13)C2. The van der Waals surface area contributed by atoms with Crippen LogP contribution in [0.2, 0.25) is 0 Å². The molecule has 1 aliphatic rings. The topological polar surface area (TPSA) is 112 Å². The normalized spacial score (nSPS) is 14.4. The summed E-state index contributed by atoms with van der Waals surface area (Å²) in [6.45, 7) is 3.95. The molecular weight excluding hydrogens is 420 g/mol. The monoisotopic (exact) mass is 450 g/mol. The lowest BCUT2D eigenvalue weighted by Crippen LogP contribution is -2.33. The van der Waals surface area contributed by atoms with Crippen LogP contribution in [0.1, 0.15) is 47.8 Å². The zero-order valence-electron chi connectivity index (χ0n) is 19.0. The standard InChI is InChI=1S/C26H30N2O5/c1-3-15-5-6-16(4-2)21-12-17(11-20(15)21)27-13-22(30)18-7-9-23(33-25(32)14-29)26-19(18)8-10-24(31)28-26/h5-10,17,22,27,29-30H,3-4,11-14H2,1-2H3,(H,28,31)/t22-/m1/s1. The van der Waals surface area contributed by atoms with Crippen molar-refractivity contribution in [2.24, 2.45) is 0 Å². The molecule has 7 heteroatoms. The fourth-order valence-electron chi connectivity index (χ4n) is 4.84. The number of aryl methyl sites for hydroxylation is 2. The first kappa shape index (κ1) is 23.2. The first-order valence-corrected chi connectivity index (χ1v) is 11.5. The van der Waals surface area contributed by atoms with Crippen LogP contribution < -0.4 is 15.6 Å². The maximum atomic E-state index is 11.9. The molecule has 0 saturated heterocycles. The molecule has 0 spiro atoms. The van der Waals surface area contributed by atoms with Gasteiger partial charge in [0.2, 0.25) is 5.56 Å². The predicted molar refractivity (Wildman–Crippen MR) is 127 cm³/mol. The van der Waals surface area contributed by atoms with Gasteiger partial charge in [0, 0.05) is 24.0 Å². The second kappa shape index (κ2) is 9.87. The summed E-state index contributed by atoms with van der Waals surface area (Å²) in [5.74, 6) is -0.689. The fourth-order valence-corrected chi connectivity index (χ4v) is 4.84. The zero-order valence-corrected chi connectivity index (χ0v) is 19.0. The number of ether oxygens (including phenoxy) is 1. The molecule has 0 radical (unpaired) electrons. The Labute approximate surface area is 192 Å². The van der Waals surface area contributed by atoms with Crippen LogP contribution in [0.4, 0.5) is 0 Å². The minimum Gasteiger partial charge on any atom is -0.423 e. The van der Waals surface area contributed by atoms with E-state index in [4.69, 9.17) is 9.84 Å². The van der Waals surface area contributed by atoms with E-state index in [1.807, 2.05) is 0 Å². The number of nitrogens with one attached hydrogen (secondary N) is 2. The summed E-state index contributed by atoms with van der Waals surface area (Å²) < 4.78 is 5.13. The average molecular weight is 451 g/mol. The van der Waals surface area contributed by atoms with Crippen molar-refractivity contribution in [3.05, 3.63) is 74.6 Å². The summed E-state index contributed by atoms with van der Waals surface area (Å²) in [5.41, 5.74) is 6.27. The van der Waals surface area contributed by atoms with Gasteiger partial charge in [0.15, 0.2) is 5.75 Å². The lowest BCUT2D eigenvalue weighted by atomic mass is 9.96. The van der Waals surface area contributed by atoms with Gasteiger partial charge >= 0.3 is 5.97 Å². The molecule has 1 aromatic heterocycles. The van der Waals surface area contributed by atoms with Crippen LogP contribution in [0.3, 0.4) is 0 Å². The van der Waals surface area contributed by atoms with Crippen molar-refractivity contribution in [3.63, 3.8) is 0 Å². The number of rotatable bonds is 8. The second-order valence-corrected chi connectivity index (χ2v) is 8.47. The molecular formula is C26H30N2O5. The van der Waals surface area contributed by atoms with E-state index in [2.05, 4.69) is 36.3 Å². The number of hydrogen-bond acceptors (Lipinski definition) is 6. The summed E-state index contributed by atoms with van der Waals surface area (Å²) in [4.78, 5) is 26.1. The van der Waals surface area contributed by atoms with Crippen molar-refractivity contribution in [3.8, 4) is 5.75 Å². The van der Waals surface area contributed by atoms with Crippen molar-refractivity contribution in [1.29, 1.82) is 0 Å². The first-order chi connectivity index (χ1) is 15.9. The molecule has 33 heavy (non-hydrogen) atoms. The largest absolute Gasteiger partial charge is 0.423 e. The molecule has 0 unspecified atom stereocenters. The lowest BCUT2D eigenvalue weighted by molar-refractivity contribution is -0.137. The van der Waals surface area contributed by atoms with Gasteiger partial charge in [-0.15, -0.1) is 0 Å². The molecule has 0 amide bonds. The minimum atomic E-state index is -0.824. The minimum absolute atomic E-state index is 0.135. The number of hydrogen-bond donors (Lipinski definition) is 4. The highest BCUT2D eigenvalue weighted by molar-refractivity contribution is 5.90. The van der Waals surface area contributed by atoms with Crippen LogP contribution in [0, 0.1) is 0 Å². The maximum absolute atomic E-state index is 11.9. The molecule has 0 aliphatic heterocycles. The van der Waals surface area contributed by atoms with Crippen molar-refractivity contribution < 1.29 is 19.7 Å². The van der Waals surface area contributed by atoms with E-state index >= 15 is 0 Å². The fraction of sp³-hybridized carbons (Fsp3) is 0.385. The Morgan fingerprint density at radius 2 is 1.76 bits per heavy atom. The molecule has 0 bridgehead atoms. The van der Waals surface area contributed by atoms with E-state index in [-0.39, 0.29) is 17.4 Å². The number of fused-ring (bicyclic) bond motifs is 2. The van der Waals surface area contributed by atoms with Crippen LogP contribution in [0.5, 0.6) is 5.75 Å². The molecule has 4 rings (SSSR count). The van der Waals surface area contributed by atoms with Crippen molar-refractivity contribution in [1.82, 2.24) is 10.3 Å². The Morgan fingerprint density at radius 3 is 2.36 bits per heavy atom. The molecule has 4 N–H and O–H groups in total. The number of aliphatic hydroxyl groups is 2. The van der Waals surface area contributed by atoms with Gasteiger partial charge in [0.1, 0.15) is 6.61 Å². The summed E-state index contributed by atoms with van der Waals surface area (Å²) in [6.07, 6.45) is 3.10. The number of H-pyrrole nitrogens is 1. The predicted octanol–water partition coefficient (Wildman–Crippen LogP) is 2.34. The van der Waals surface area contributed by atoms with Gasteiger partial charge in [-0.25, -0.2) is 4.79 Å². The number of pyridine rings is 1. The van der Waals surface area contributed by atoms with Crippen molar-refractivity contribution in [2.45, 2.75) is 51.7 Å². The number of benzene rings is 2. The third-order valence-electron chi connectivity index (χ3n) is 6.49. The number of carbonyl (C=O) groups excluding carboxylic acids is 1. The van der Waals surface area contributed by atoms with Crippen LogP contribution in [0.25, 0.3) is 10.9 Å². The smallest absolute Gasteiger partial charge is 0.337 e. The Balaban J connectivity index is 1.53. The lowest BCUT2D eigenvalue weighted by Gasteiger charge is -2.19. The molecule has 7 nitrogen and oxygen atoms in total. The van der Waals surface area contributed by atoms with Gasteiger partial charge in [-0.1, -0.05) is 32.0 Å². The van der Waals surface area contributed by atoms with Gasteiger partial charge in [-0.05, 0) is 65.6 Å². The highest BCUT2D eigenvalue weighted by atomic mass is 16.5. The number of esters is 1. The van der Waals surface area contributed by atoms with E-state index in [0.29, 0.717) is 23.0 Å². The summed E-state index contributed by atoms with van der Waals surface area (Å²) in [7, 11) is 0. The van der Waals surface area contributed by atoms with E-state index in [0.717, 1.165) is 25.7 Å². The van der Waals surface area contributed by atoms with Crippen LogP contribution in [-0.4, -0.2) is 40.4 Å². The number of aromatic amines is 1. The highest BCUT2D eigenvalue weighted by Crippen LogP contribution is 2.32. The number of aliphatic hydroxyl groups excluding tert-OH is 2. The summed E-state index contributed by atoms with van der Waals surface area (Å²) in [5, 5.41) is 24.1. The van der Waals surface area contributed by atoms with Gasteiger partial charge in [0.25, 0.3) is 0 Å². The Kier molecular flexibility index (Phi) is 6.93. The summed E-state index contributed by atoms with van der Waals surface area (Å²) in [6, 6.07) is 10.9. The average Bonchev–Trinajstić information content (AvgIpc) is 3.26. The second-order valence-electron chi connectivity index (χ2n) is 8.47. The molecule has 0 fully saturated rings. The molecule has 1 aliphatic carbocycles. The molecule has 3 aromatic rings. The maximum Gasteiger partial charge on any atom is 0.337 e. The Morgan fingerprint density at radius 1 is 1.09 bits per heavy atom. The quantitative estimate of drug-likeness (QED) is 0.310. The molecule has 174 valence electrons. The third kappa shape index (κ3) is 4.71. The van der Waals surface area contributed by atoms with Crippen LogP contribution >= 0.6 is 0 Å².